The van der Waals surface area contributed by atoms with E-state index in [2.05, 4.69) is 17.2 Å². The molecule has 21 heavy (non-hydrogen) atoms. The predicted molar refractivity (Wildman–Crippen MR) is 83.3 cm³/mol. The van der Waals surface area contributed by atoms with E-state index < -0.39 is 0 Å². The summed E-state index contributed by atoms with van der Waals surface area (Å²) in [6, 6.07) is 8.02. The van der Waals surface area contributed by atoms with Crippen LogP contribution >= 0.6 is 0 Å². The summed E-state index contributed by atoms with van der Waals surface area (Å²) < 4.78 is 0. The summed E-state index contributed by atoms with van der Waals surface area (Å²) in [5, 5.41) is 3.15. The molecular formula is C18H22N2O. The van der Waals surface area contributed by atoms with E-state index >= 15 is 0 Å². The van der Waals surface area contributed by atoms with Crippen molar-refractivity contribution in [3.05, 3.63) is 35.4 Å². The molecule has 3 heteroatoms. The van der Waals surface area contributed by atoms with Gasteiger partial charge < -0.3 is 11.1 Å². The minimum absolute atomic E-state index is 0.0223. The highest BCUT2D eigenvalue weighted by Gasteiger charge is 2.48. The van der Waals surface area contributed by atoms with Crippen LogP contribution in [0.4, 0.5) is 0 Å². The van der Waals surface area contributed by atoms with Crippen molar-refractivity contribution in [2.45, 2.75) is 32.2 Å². The zero-order chi connectivity index (χ0) is 14.8. The smallest absolute Gasteiger partial charge is 0.223 e. The van der Waals surface area contributed by atoms with Crippen LogP contribution in [-0.2, 0) is 4.79 Å². The molecule has 0 aromatic heterocycles. The van der Waals surface area contributed by atoms with Crippen LogP contribution in [-0.4, -0.2) is 12.5 Å². The van der Waals surface area contributed by atoms with Crippen LogP contribution in [0.5, 0.6) is 0 Å². The van der Waals surface area contributed by atoms with Crippen LogP contribution in [0.25, 0.3) is 0 Å². The fraction of sp³-hybridized carbons (Fsp3) is 0.500. The van der Waals surface area contributed by atoms with E-state index in [-0.39, 0.29) is 17.9 Å². The summed E-state index contributed by atoms with van der Waals surface area (Å²) in [5.74, 6) is 8.01. The minimum Gasteiger partial charge on any atom is -0.349 e. The van der Waals surface area contributed by atoms with Gasteiger partial charge in [-0.05, 0) is 55.7 Å². The zero-order valence-electron chi connectivity index (χ0n) is 12.4. The van der Waals surface area contributed by atoms with Crippen LogP contribution in [0.15, 0.2) is 24.3 Å². The highest BCUT2D eigenvalue weighted by molar-refractivity contribution is 5.79. The largest absolute Gasteiger partial charge is 0.349 e. The molecule has 0 aliphatic heterocycles. The Morgan fingerprint density at radius 3 is 2.86 bits per heavy atom. The maximum absolute atomic E-state index is 12.3. The Bertz CT molecular complexity index is 589. The number of rotatable bonds is 3. The van der Waals surface area contributed by atoms with E-state index in [9.17, 15) is 4.79 Å². The van der Waals surface area contributed by atoms with E-state index in [0.717, 1.165) is 35.8 Å². The van der Waals surface area contributed by atoms with Crippen molar-refractivity contribution in [1.82, 2.24) is 5.32 Å². The molecule has 0 radical (unpaired) electrons. The van der Waals surface area contributed by atoms with Crippen LogP contribution < -0.4 is 11.1 Å². The first kappa shape index (κ1) is 14.2. The molecule has 2 fully saturated rings. The predicted octanol–water partition coefficient (Wildman–Crippen LogP) is 2.22. The molecule has 2 saturated carbocycles. The maximum atomic E-state index is 12.3. The van der Waals surface area contributed by atoms with Gasteiger partial charge in [0.15, 0.2) is 0 Å². The monoisotopic (exact) mass is 282 g/mol. The number of fused-ring (bicyclic) bond motifs is 1. The van der Waals surface area contributed by atoms with Gasteiger partial charge in [0.05, 0.1) is 12.6 Å². The van der Waals surface area contributed by atoms with Crippen molar-refractivity contribution in [3.63, 3.8) is 0 Å². The Morgan fingerprint density at radius 2 is 2.14 bits per heavy atom. The first-order valence-electron chi connectivity index (χ1n) is 7.76. The molecule has 3 nitrogen and oxygen atoms in total. The van der Waals surface area contributed by atoms with Crippen molar-refractivity contribution in [1.29, 1.82) is 0 Å². The van der Waals surface area contributed by atoms with Crippen LogP contribution in [0.1, 0.15) is 43.4 Å². The lowest BCUT2D eigenvalue weighted by molar-refractivity contribution is -0.125. The second-order valence-corrected chi connectivity index (χ2v) is 6.29. The van der Waals surface area contributed by atoms with E-state index in [1.54, 1.807) is 0 Å². The molecule has 0 spiro atoms. The number of carbonyl (C=O) groups is 1. The Balaban J connectivity index is 1.61. The SMILES string of the molecule is CC(NC(=O)C1CC2CC2C1)c1cccc(C#CCN)c1. The van der Waals surface area contributed by atoms with Gasteiger partial charge in [0, 0.05) is 11.5 Å². The summed E-state index contributed by atoms with van der Waals surface area (Å²) in [6.07, 6.45) is 3.53. The van der Waals surface area contributed by atoms with Crippen molar-refractivity contribution in [3.8, 4) is 11.8 Å². The van der Waals surface area contributed by atoms with Crippen molar-refractivity contribution in [2.75, 3.05) is 6.54 Å². The molecule has 0 heterocycles. The average Bonchev–Trinajstić information content (AvgIpc) is 3.11. The lowest BCUT2D eigenvalue weighted by Gasteiger charge is -2.18. The highest BCUT2D eigenvalue weighted by Crippen LogP contribution is 2.54. The molecule has 3 N–H and O–H groups in total. The maximum Gasteiger partial charge on any atom is 0.223 e. The average molecular weight is 282 g/mol. The van der Waals surface area contributed by atoms with E-state index in [4.69, 9.17) is 5.73 Å². The van der Waals surface area contributed by atoms with Gasteiger partial charge >= 0.3 is 0 Å². The molecule has 2 aliphatic carbocycles. The molecule has 1 amide bonds. The Morgan fingerprint density at radius 1 is 1.38 bits per heavy atom. The highest BCUT2D eigenvalue weighted by atomic mass is 16.1. The van der Waals surface area contributed by atoms with Gasteiger partial charge in [-0.2, -0.15) is 0 Å². The molecular weight excluding hydrogens is 260 g/mol. The van der Waals surface area contributed by atoms with Crippen LogP contribution in [0.3, 0.4) is 0 Å². The van der Waals surface area contributed by atoms with Gasteiger partial charge in [0.1, 0.15) is 0 Å². The lowest BCUT2D eigenvalue weighted by atomic mass is 10.0. The zero-order valence-corrected chi connectivity index (χ0v) is 12.4. The third kappa shape index (κ3) is 3.28. The molecule has 2 aliphatic rings. The van der Waals surface area contributed by atoms with Gasteiger partial charge in [-0.1, -0.05) is 24.0 Å². The van der Waals surface area contributed by atoms with Gasteiger partial charge in [0.25, 0.3) is 0 Å². The van der Waals surface area contributed by atoms with Crippen molar-refractivity contribution in [2.24, 2.45) is 23.5 Å². The standard InChI is InChI=1S/C18H22N2O/c1-12(14-6-2-4-13(8-14)5-3-7-19)20-18(21)17-10-15-9-16(15)11-17/h2,4,6,8,12,15-17H,7,9-11,19H2,1H3,(H,20,21). The van der Waals surface area contributed by atoms with Crippen molar-refractivity contribution >= 4 is 5.91 Å². The number of hydrogen-bond donors (Lipinski definition) is 2. The molecule has 1 aromatic carbocycles. The summed E-state index contributed by atoms with van der Waals surface area (Å²) >= 11 is 0. The number of nitrogens with two attached hydrogens (primary N) is 1. The second-order valence-electron chi connectivity index (χ2n) is 6.29. The Labute approximate surface area is 126 Å². The number of carbonyl (C=O) groups excluding carboxylic acids is 1. The first-order chi connectivity index (χ1) is 10.2. The topological polar surface area (TPSA) is 55.1 Å². The summed E-state index contributed by atoms with van der Waals surface area (Å²) in [5.41, 5.74) is 7.43. The summed E-state index contributed by atoms with van der Waals surface area (Å²) in [4.78, 5) is 12.3. The molecule has 3 unspecified atom stereocenters. The van der Waals surface area contributed by atoms with E-state index in [1.165, 1.54) is 6.42 Å². The second kappa shape index (κ2) is 5.91. The summed E-state index contributed by atoms with van der Waals surface area (Å²) in [6.45, 7) is 2.39. The van der Waals surface area contributed by atoms with Crippen LogP contribution in [0.2, 0.25) is 0 Å². The van der Waals surface area contributed by atoms with Gasteiger partial charge in [0.2, 0.25) is 5.91 Å². The lowest BCUT2D eigenvalue weighted by Crippen LogP contribution is -2.32. The number of nitrogens with one attached hydrogen (secondary N) is 1. The van der Waals surface area contributed by atoms with E-state index in [0.29, 0.717) is 6.54 Å². The minimum atomic E-state index is 0.0223. The third-order valence-electron chi connectivity index (χ3n) is 4.69. The Kier molecular flexibility index (Phi) is 3.98. The number of hydrogen-bond acceptors (Lipinski definition) is 2. The third-order valence-corrected chi connectivity index (χ3v) is 4.69. The molecule has 0 bridgehead atoms. The quantitative estimate of drug-likeness (QED) is 0.835. The Hall–Kier alpha value is -1.79. The number of amides is 1. The summed E-state index contributed by atoms with van der Waals surface area (Å²) in [7, 11) is 0. The van der Waals surface area contributed by atoms with E-state index in [1.807, 2.05) is 31.2 Å². The fourth-order valence-electron chi connectivity index (χ4n) is 3.38. The normalized spacial score (nSPS) is 27.2. The van der Waals surface area contributed by atoms with Gasteiger partial charge in [-0.15, -0.1) is 0 Å². The first-order valence-corrected chi connectivity index (χ1v) is 7.76. The molecule has 110 valence electrons. The van der Waals surface area contributed by atoms with Gasteiger partial charge in [-0.3, -0.25) is 4.79 Å². The fourth-order valence-corrected chi connectivity index (χ4v) is 3.38. The number of benzene rings is 1. The molecule has 1 aromatic rings. The molecule has 3 atom stereocenters. The van der Waals surface area contributed by atoms with Crippen molar-refractivity contribution < 1.29 is 4.79 Å². The van der Waals surface area contributed by atoms with Crippen LogP contribution in [0, 0.1) is 29.6 Å². The molecule has 3 rings (SSSR count). The van der Waals surface area contributed by atoms with Gasteiger partial charge in [-0.25, -0.2) is 0 Å². The molecule has 0 saturated heterocycles.